The van der Waals surface area contributed by atoms with Crippen LogP contribution in [0.1, 0.15) is 77.6 Å². The number of para-hydroxylation sites is 2. The van der Waals surface area contributed by atoms with Gasteiger partial charge in [0, 0.05) is 35.5 Å². The molecule has 0 amide bonds. The van der Waals surface area contributed by atoms with Crippen LogP contribution < -0.4 is 10.2 Å². The number of carboxylic acid groups (broad SMARTS) is 2. The summed E-state index contributed by atoms with van der Waals surface area (Å²) in [5.41, 5.74) is 5.34. The van der Waals surface area contributed by atoms with Crippen molar-refractivity contribution in [3.05, 3.63) is 82.9 Å². The number of phenolic OH excluding ortho intramolecular Hbond substituents is 2. The molecule has 8 nitrogen and oxygen atoms in total. The normalized spacial score (nSPS) is 11.2. The van der Waals surface area contributed by atoms with E-state index in [9.17, 15) is 10.2 Å². The van der Waals surface area contributed by atoms with E-state index >= 15 is 0 Å². The molecule has 0 fully saturated rings. The number of carbonyl (C=O) groups is 2. The van der Waals surface area contributed by atoms with E-state index in [-0.39, 0.29) is 39.1 Å². The third-order valence-corrected chi connectivity index (χ3v) is 5.22. The van der Waals surface area contributed by atoms with Crippen molar-refractivity contribution in [1.82, 2.24) is 0 Å². The second kappa shape index (κ2) is 17.9. The molecule has 0 unspecified atom stereocenters. The molecule has 3 rings (SSSR count). The van der Waals surface area contributed by atoms with E-state index in [1.54, 1.807) is 24.6 Å². The van der Waals surface area contributed by atoms with Crippen LogP contribution in [0.5, 0.6) is 11.5 Å². The van der Waals surface area contributed by atoms with Crippen molar-refractivity contribution < 1.29 is 46.8 Å². The van der Waals surface area contributed by atoms with Crippen LogP contribution >= 0.6 is 0 Å². The second-order valence-corrected chi connectivity index (χ2v) is 12.2. The van der Waals surface area contributed by atoms with Crippen LogP contribution in [0.3, 0.4) is 0 Å². The summed E-state index contributed by atoms with van der Waals surface area (Å²) in [5, 5.41) is 38.4. The van der Waals surface area contributed by atoms with Crippen molar-refractivity contribution in [2.75, 3.05) is 0 Å². The molecule has 0 saturated heterocycles. The number of aliphatic imine (C=N–C) groups is 2. The molecule has 1 radical (unpaired) electrons. The number of aliphatic carboxylic acids is 2. The van der Waals surface area contributed by atoms with Gasteiger partial charge in [0.15, 0.2) is 0 Å². The molecule has 0 aliphatic rings. The van der Waals surface area contributed by atoms with Gasteiger partial charge in [0.25, 0.3) is 0 Å². The Labute approximate surface area is 265 Å². The predicted molar refractivity (Wildman–Crippen MR) is 165 cm³/mol. The standard InChI is InChI=1S/C30H36N2O2.2C2H4O2.Co/c1-29(2,3)17-21-11-13-27(33)23(15-21)19-31-25-9-7-8-10-26(25)32-20-24-16-22(12-14-28(24)34)18-30(4,5)6;2*1-2(3)4;/h7-16,19-20,33-34H,17-18H2,1-6H3;2*1H3,(H,3,4);/q;;;+2/p-2. The van der Waals surface area contributed by atoms with Crippen molar-refractivity contribution in [2.24, 2.45) is 20.8 Å². The SMILES string of the molecule is CC(=O)[O-].CC(=O)[O-].CC(C)(C)Cc1ccc(O)c(C=Nc2ccccc2N=Cc2cc(CC(C)(C)C)ccc2O)c1.[Co+2]. The molecule has 0 heterocycles. The first-order valence-corrected chi connectivity index (χ1v) is 13.5. The molecule has 0 aliphatic carbocycles. The summed E-state index contributed by atoms with van der Waals surface area (Å²) in [6.07, 6.45) is 5.17. The molecule has 0 aromatic heterocycles. The molecule has 0 saturated carbocycles. The molecule has 233 valence electrons. The number of rotatable bonds is 6. The first-order valence-electron chi connectivity index (χ1n) is 13.5. The zero-order valence-corrected chi connectivity index (χ0v) is 27.1. The predicted octanol–water partition coefficient (Wildman–Crippen LogP) is 5.29. The molecule has 3 aromatic rings. The zero-order valence-electron chi connectivity index (χ0n) is 26.1. The maximum atomic E-state index is 10.3. The van der Waals surface area contributed by atoms with Crippen LogP contribution in [-0.2, 0) is 39.2 Å². The van der Waals surface area contributed by atoms with Gasteiger partial charge >= 0.3 is 16.8 Å². The smallest absolute Gasteiger partial charge is 0.550 e. The molecule has 2 N–H and O–H groups in total. The fourth-order valence-electron chi connectivity index (χ4n) is 3.82. The van der Waals surface area contributed by atoms with Gasteiger partial charge in [-0.1, -0.05) is 65.8 Å². The number of carboxylic acids is 2. The van der Waals surface area contributed by atoms with E-state index in [0.717, 1.165) is 37.8 Å². The van der Waals surface area contributed by atoms with Gasteiger partial charge in [-0.05, 0) is 85.0 Å². The summed E-state index contributed by atoms with van der Waals surface area (Å²) >= 11 is 0. The third-order valence-electron chi connectivity index (χ3n) is 5.22. The Morgan fingerprint density at radius 3 is 1.26 bits per heavy atom. The molecule has 43 heavy (non-hydrogen) atoms. The molecule has 0 atom stereocenters. The van der Waals surface area contributed by atoms with Gasteiger partial charge in [-0.15, -0.1) is 0 Å². The Morgan fingerprint density at radius 1 is 0.674 bits per heavy atom. The van der Waals surface area contributed by atoms with Gasteiger partial charge in [-0.3, -0.25) is 9.98 Å². The fourth-order valence-corrected chi connectivity index (χ4v) is 3.82. The average Bonchev–Trinajstić information content (AvgIpc) is 2.83. The minimum absolute atomic E-state index is 0. The van der Waals surface area contributed by atoms with Gasteiger partial charge in [0.2, 0.25) is 0 Å². The number of benzene rings is 3. The Kier molecular flexibility index (Phi) is 16.2. The maximum Gasteiger partial charge on any atom is 2.00 e. The van der Waals surface area contributed by atoms with Gasteiger partial charge in [-0.25, -0.2) is 0 Å². The van der Waals surface area contributed by atoms with E-state index in [0.29, 0.717) is 22.5 Å². The summed E-state index contributed by atoms with van der Waals surface area (Å²) < 4.78 is 0. The third kappa shape index (κ3) is 17.6. The maximum absolute atomic E-state index is 10.3. The van der Waals surface area contributed by atoms with Crippen molar-refractivity contribution in [3.8, 4) is 11.5 Å². The Bertz CT molecular complexity index is 1290. The number of hydrogen-bond acceptors (Lipinski definition) is 8. The van der Waals surface area contributed by atoms with Crippen molar-refractivity contribution >= 4 is 35.7 Å². The summed E-state index contributed by atoms with van der Waals surface area (Å²) in [7, 11) is 0. The Hall–Kier alpha value is -3.95. The van der Waals surface area contributed by atoms with Crippen molar-refractivity contribution in [1.29, 1.82) is 0 Å². The van der Waals surface area contributed by atoms with Crippen LogP contribution in [0.25, 0.3) is 0 Å². The number of phenols is 2. The Balaban J connectivity index is 0.00000174. The van der Waals surface area contributed by atoms with E-state index in [1.807, 2.05) is 48.5 Å². The quantitative estimate of drug-likeness (QED) is 0.353. The van der Waals surface area contributed by atoms with Crippen LogP contribution in [0.2, 0.25) is 0 Å². The van der Waals surface area contributed by atoms with Gasteiger partial charge in [0.1, 0.15) is 11.5 Å². The largest absolute Gasteiger partial charge is 2.00 e. The summed E-state index contributed by atoms with van der Waals surface area (Å²) in [6.45, 7) is 15.1. The Morgan fingerprint density at radius 2 is 0.977 bits per heavy atom. The average molecular weight is 634 g/mol. The van der Waals surface area contributed by atoms with E-state index in [4.69, 9.17) is 19.8 Å². The van der Waals surface area contributed by atoms with Crippen molar-refractivity contribution in [3.63, 3.8) is 0 Å². The van der Waals surface area contributed by atoms with Gasteiger partial charge < -0.3 is 30.0 Å². The van der Waals surface area contributed by atoms with Gasteiger partial charge in [-0.2, -0.15) is 0 Å². The summed E-state index contributed by atoms with van der Waals surface area (Å²) in [6, 6.07) is 18.9. The van der Waals surface area contributed by atoms with Crippen molar-refractivity contribution in [2.45, 2.75) is 68.2 Å². The van der Waals surface area contributed by atoms with E-state index in [2.05, 4.69) is 51.5 Å². The van der Waals surface area contributed by atoms with Crippen LogP contribution in [0.15, 0.2) is 70.6 Å². The molecule has 0 aliphatic heterocycles. The van der Waals surface area contributed by atoms with Crippen LogP contribution in [0, 0.1) is 10.8 Å². The van der Waals surface area contributed by atoms with Crippen LogP contribution in [0.4, 0.5) is 11.4 Å². The topological polar surface area (TPSA) is 145 Å². The molecular weight excluding hydrogens is 591 g/mol. The van der Waals surface area contributed by atoms with E-state index < -0.39 is 11.9 Å². The zero-order chi connectivity index (χ0) is 32.1. The summed E-state index contributed by atoms with van der Waals surface area (Å²) in [5.74, 6) is -1.77. The molecule has 0 bridgehead atoms. The number of carbonyl (C=O) groups excluding carboxylic acids is 2. The summed E-state index contributed by atoms with van der Waals surface area (Å²) in [4.78, 5) is 27.0. The fraction of sp³-hybridized carbons (Fsp3) is 0.353. The van der Waals surface area contributed by atoms with Crippen LogP contribution in [-0.4, -0.2) is 34.6 Å². The first-order chi connectivity index (χ1) is 19.4. The monoisotopic (exact) mass is 633 g/mol. The van der Waals surface area contributed by atoms with Gasteiger partial charge in [0.05, 0.1) is 11.4 Å². The number of nitrogens with zero attached hydrogens (tertiary/aromatic N) is 2. The molecule has 9 heteroatoms. The minimum Gasteiger partial charge on any atom is -0.550 e. The second-order valence-electron chi connectivity index (χ2n) is 12.2. The molecule has 0 spiro atoms. The number of aromatic hydroxyl groups is 2. The number of hydrogen-bond donors (Lipinski definition) is 2. The van der Waals surface area contributed by atoms with E-state index in [1.165, 1.54) is 0 Å². The minimum atomic E-state index is -1.08. The molecular formula is C34H42CoN2O6. The first kappa shape index (κ1) is 39.0. The molecule has 3 aromatic carbocycles.